The zero-order valence-corrected chi connectivity index (χ0v) is 11.5. The van der Waals surface area contributed by atoms with Crippen LogP contribution in [0, 0.1) is 5.82 Å². The molecule has 0 aliphatic heterocycles. The highest BCUT2D eigenvalue weighted by Gasteiger charge is 2.22. The average Bonchev–Trinajstić information content (AvgIpc) is 2.95. The van der Waals surface area contributed by atoms with Gasteiger partial charge in [0.15, 0.2) is 0 Å². The zero-order valence-electron chi connectivity index (χ0n) is 11.5. The Bertz CT molecular complexity index is 817. The molecule has 3 aromatic rings. The number of nitrogens with one attached hydrogen (secondary N) is 1. The van der Waals surface area contributed by atoms with Gasteiger partial charge in [-0.05, 0) is 31.2 Å². The maximum atomic E-state index is 12.9. The van der Waals surface area contributed by atoms with E-state index in [9.17, 15) is 9.18 Å². The van der Waals surface area contributed by atoms with E-state index in [2.05, 4.69) is 20.4 Å². The van der Waals surface area contributed by atoms with Crippen LogP contribution in [-0.2, 0) is 4.74 Å². The standard InChI is InChI=1S/C14H11FN4O3/c1-2-21-14(20)11-10-12(16-7-17-13(10)22-19-11)18-9-5-3-8(15)4-6-9/h3-7H,2H2,1H3,(H,16,17,18). The van der Waals surface area contributed by atoms with Crippen molar-refractivity contribution >= 4 is 28.6 Å². The summed E-state index contributed by atoms with van der Waals surface area (Å²) in [6.45, 7) is 1.90. The lowest BCUT2D eigenvalue weighted by Gasteiger charge is -2.06. The minimum absolute atomic E-state index is 0.0120. The molecular formula is C14H11FN4O3. The van der Waals surface area contributed by atoms with E-state index in [0.717, 1.165) is 0 Å². The molecule has 0 aliphatic carbocycles. The second-order valence-corrected chi connectivity index (χ2v) is 4.29. The molecule has 22 heavy (non-hydrogen) atoms. The molecule has 8 heteroatoms. The van der Waals surface area contributed by atoms with Gasteiger partial charge in [0, 0.05) is 5.69 Å². The van der Waals surface area contributed by atoms with Crippen LogP contribution >= 0.6 is 0 Å². The van der Waals surface area contributed by atoms with E-state index in [1.165, 1.54) is 18.5 Å². The monoisotopic (exact) mass is 302 g/mol. The highest BCUT2D eigenvalue weighted by atomic mass is 19.1. The molecule has 0 unspecified atom stereocenters. The molecule has 0 fully saturated rings. The molecule has 0 aliphatic rings. The fourth-order valence-electron chi connectivity index (χ4n) is 1.89. The second kappa shape index (κ2) is 5.76. The molecule has 0 amide bonds. The zero-order chi connectivity index (χ0) is 15.5. The molecule has 2 heterocycles. The van der Waals surface area contributed by atoms with Crippen LogP contribution in [0.25, 0.3) is 11.1 Å². The average molecular weight is 302 g/mol. The van der Waals surface area contributed by atoms with E-state index in [1.54, 1.807) is 19.1 Å². The number of carbonyl (C=O) groups is 1. The fraction of sp³-hybridized carbons (Fsp3) is 0.143. The third kappa shape index (κ3) is 2.58. The van der Waals surface area contributed by atoms with Gasteiger partial charge in [-0.1, -0.05) is 5.16 Å². The maximum absolute atomic E-state index is 12.9. The predicted octanol–water partition coefficient (Wildman–Crippen LogP) is 2.68. The Kier molecular flexibility index (Phi) is 3.65. The topological polar surface area (TPSA) is 90.1 Å². The van der Waals surface area contributed by atoms with Gasteiger partial charge in [-0.15, -0.1) is 0 Å². The van der Waals surface area contributed by atoms with Crippen LogP contribution in [-0.4, -0.2) is 27.7 Å². The summed E-state index contributed by atoms with van der Waals surface area (Å²) in [5, 5.41) is 6.96. The Balaban J connectivity index is 2.03. The second-order valence-electron chi connectivity index (χ2n) is 4.29. The summed E-state index contributed by atoms with van der Waals surface area (Å²) in [6, 6.07) is 5.70. The van der Waals surface area contributed by atoms with Crippen molar-refractivity contribution in [3.05, 3.63) is 42.1 Å². The lowest BCUT2D eigenvalue weighted by atomic mass is 10.2. The largest absolute Gasteiger partial charge is 0.461 e. The molecule has 1 N–H and O–H groups in total. The number of hydrogen-bond donors (Lipinski definition) is 1. The van der Waals surface area contributed by atoms with Crippen molar-refractivity contribution in [3.63, 3.8) is 0 Å². The summed E-state index contributed by atoms with van der Waals surface area (Å²) in [6.07, 6.45) is 1.27. The van der Waals surface area contributed by atoms with E-state index >= 15 is 0 Å². The van der Waals surface area contributed by atoms with Crippen molar-refractivity contribution < 1.29 is 18.4 Å². The normalized spacial score (nSPS) is 10.6. The first-order chi connectivity index (χ1) is 10.7. The van der Waals surface area contributed by atoms with Crippen molar-refractivity contribution in [2.45, 2.75) is 6.92 Å². The van der Waals surface area contributed by atoms with E-state index in [-0.39, 0.29) is 23.8 Å². The Labute approximate surface area is 124 Å². The molecule has 1 aromatic carbocycles. The van der Waals surface area contributed by atoms with Crippen LogP contribution in [0.1, 0.15) is 17.4 Å². The van der Waals surface area contributed by atoms with Crippen molar-refractivity contribution in [1.82, 2.24) is 15.1 Å². The summed E-state index contributed by atoms with van der Waals surface area (Å²) in [7, 11) is 0. The summed E-state index contributed by atoms with van der Waals surface area (Å²) >= 11 is 0. The lowest BCUT2D eigenvalue weighted by molar-refractivity contribution is 0.0517. The van der Waals surface area contributed by atoms with Crippen LogP contribution in [0.3, 0.4) is 0 Å². The number of benzene rings is 1. The molecule has 3 rings (SSSR count). The Morgan fingerprint density at radius 2 is 2.09 bits per heavy atom. The van der Waals surface area contributed by atoms with Gasteiger partial charge in [0.2, 0.25) is 5.69 Å². The Morgan fingerprint density at radius 1 is 1.32 bits per heavy atom. The Morgan fingerprint density at radius 3 is 2.82 bits per heavy atom. The third-order valence-corrected chi connectivity index (χ3v) is 2.85. The first-order valence-corrected chi connectivity index (χ1v) is 6.49. The number of ether oxygens (including phenoxy) is 1. The molecule has 0 saturated heterocycles. The van der Waals surface area contributed by atoms with E-state index in [4.69, 9.17) is 9.26 Å². The predicted molar refractivity (Wildman–Crippen MR) is 75.2 cm³/mol. The van der Waals surface area contributed by atoms with Crippen LogP contribution in [0.2, 0.25) is 0 Å². The number of rotatable bonds is 4. The fourth-order valence-corrected chi connectivity index (χ4v) is 1.89. The molecule has 7 nitrogen and oxygen atoms in total. The molecule has 0 spiro atoms. The smallest absolute Gasteiger partial charge is 0.361 e. The maximum Gasteiger partial charge on any atom is 0.361 e. The highest BCUT2D eigenvalue weighted by molar-refractivity contribution is 6.05. The van der Waals surface area contributed by atoms with Gasteiger partial charge in [-0.3, -0.25) is 0 Å². The molecular weight excluding hydrogens is 291 g/mol. The third-order valence-electron chi connectivity index (χ3n) is 2.85. The van der Waals surface area contributed by atoms with Gasteiger partial charge >= 0.3 is 5.97 Å². The SMILES string of the molecule is CCOC(=O)c1noc2ncnc(Nc3ccc(F)cc3)c12. The minimum atomic E-state index is -0.627. The van der Waals surface area contributed by atoms with Crippen molar-refractivity contribution in [3.8, 4) is 0 Å². The lowest BCUT2D eigenvalue weighted by Crippen LogP contribution is -2.06. The summed E-state index contributed by atoms with van der Waals surface area (Å²) < 4.78 is 22.9. The number of aromatic nitrogens is 3. The van der Waals surface area contributed by atoms with Crippen molar-refractivity contribution in [1.29, 1.82) is 0 Å². The molecule has 0 saturated carbocycles. The number of carbonyl (C=O) groups excluding carboxylic acids is 1. The van der Waals surface area contributed by atoms with Crippen molar-refractivity contribution in [2.75, 3.05) is 11.9 Å². The van der Waals surface area contributed by atoms with Gasteiger partial charge in [-0.2, -0.15) is 4.98 Å². The quantitative estimate of drug-likeness (QED) is 0.741. The van der Waals surface area contributed by atoms with Crippen LogP contribution in [0.15, 0.2) is 35.1 Å². The van der Waals surface area contributed by atoms with E-state index < -0.39 is 5.97 Å². The first kappa shape index (κ1) is 13.9. The number of nitrogens with zero attached hydrogens (tertiary/aromatic N) is 3. The van der Waals surface area contributed by atoms with E-state index in [0.29, 0.717) is 16.9 Å². The van der Waals surface area contributed by atoms with Gasteiger partial charge < -0.3 is 14.6 Å². The van der Waals surface area contributed by atoms with E-state index in [1.807, 2.05) is 0 Å². The van der Waals surface area contributed by atoms with Gasteiger partial charge in [0.25, 0.3) is 5.71 Å². The summed E-state index contributed by atoms with van der Waals surface area (Å²) in [4.78, 5) is 19.9. The minimum Gasteiger partial charge on any atom is -0.461 e. The molecule has 0 atom stereocenters. The van der Waals surface area contributed by atoms with Gasteiger partial charge in [-0.25, -0.2) is 14.2 Å². The summed E-state index contributed by atoms with van der Waals surface area (Å²) in [5.41, 5.74) is 0.738. The summed E-state index contributed by atoms with van der Waals surface area (Å²) in [5.74, 6) is -0.658. The number of halogens is 1. The molecule has 2 aromatic heterocycles. The number of fused-ring (bicyclic) bond motifs is 1. The highest BCUT2D eigenvalue weighted by Crippen LogP contribution is 2.26. The Hall–Kier alpha value is -3.03. The number of anilines is 2. The van der Waals surface area contributed by atoms with Crippen molar-refractivity contribution in [2.24, 2.45) is 0 Å². The van der Waals surface area contributed by atoms with Gasteiger partial charge in [0.1, 0.15) is 23.3 Å². The molecule has 0 bridgehead atoms. The van der Waals surface area contributed by atoms with Crippen LogP contribution in [0.4, 0.5) is 15.9 Å². The molecule has 112 valence electrons. The van der Waals surface area contributed by atoms with Crippen LogP contribution < -0.4 is 5.32 Å². The molecule has 0 radical (unpaired) electrons. The first-order valence-electron chi connectivity index (χ1n) is 6.49. The number of hydrogen-bond acceptors (Lipinski definition) is 7. The van der Waals surface area contributed by atoms with Crippen LogP contribution in [0.5, 0.6) is 0 Å². The van der Waals surface area contributed by atoms with Gasteiger partial charge in [0.05, 0.1) is 6.61 Å². The number of esters is 1.